The summed E-state index contributed by atoms with van der Waals surface area (Å²) < 4.78 is 0. The highest BCUT2D eigenvalue weighted by atomic mass is 127. The molecular weight excluding hydrogens is 451 g/mol. The molecule has 7 heteroatoms. The van der Waals surface area contributed by atoms with Crippen LogP contribution in [0.4, 0.5) is 5.69 Å². The smallest absolute Gasteiger partial charge is 0.191 e. The molecule has 2 N–H and O–H groups in total. The second kappa shape index (κ2) is 9.93. The molecule has 0 saturated carbocycles. The van der Waals surface area contributed by atoms with Gasteiger partial charge in [-0.1, -0.05) is 18.2 Å². The normalized spacial score (nSPS) is 30.1. The van der Waals surface area contributed by atoms with Gasteiger partial charge in [-0.05, 0) is 25.5 Å². The van der Waals surface area contributed by atoms with Crippen LogP contribution in [0.2, 0.25) is 0 Å². The van der Waals surface area contributed by atoms with Crippen LogP contribution in [0.1, 0.15) is 13.3 Å². The van der Waals surface area contributed by atoms with Gasteiger partial charge < -0.3 is 15.5 Å². The van der Waals surface area contributed by atoms with Crippen LogP contribution in [0.15, 0.2) is 35.3 Å². The number of hydrogen-bond acceptors (Lipinski definition) is 4. The van der Waals surface area contributed by atoms with E-state index in [0.717, 1.165) is 38.6 Å². The third-order valence-corrected chi connectivity index (χ3v) is 5.85. The van der Waals surface area contributed by atoms with Gasteiger partial charge in [-0.25, -0.2) is 0 Å². The molecule has 0 amide bonds. The molecule has 2 bridgehead atoms. The maximum atomic E-state index is 4.92. The van der Waals surface area contributed by atoms with Crippen LogP contribution < -0.4 is 15.5 Å². The first-order chi connectivity index (χ1) is 12.8. The number of aliphatic imine (C=N–C) groups is 1. The van der Waals surface area contributed by atoms with Gasteiger partial charge in [0.25, 0.3) is 0 Å². The number of fused-ring (bicyclic) bond motifs is 3. The Balaban J connectivity index is 0.00000210. The van der Waals surface area contributed by atoms with Crippen molar-refractivity contribution in [3.8, 4) is 0 Å². The van der Waals surface area contributed by atoms with Crippen LogP contribution in [-0.2, 0) is 0 Å². The quantitative estimate of drug-likeness (QED) is 0.377. The molecular formula is C20H33IN6. The van der Waals surface area contributed by atoms with Gasteiger partial charge in [0.15, 0.2) is 5.96 Å². The predicted molar refractivity (Wildman–Crippen MR) is 123 cm³/mol. The second-order valence-corrected chi connectivity index (χ2v) is 7.62. The van der Waals surface area contributed by atoms with Crippen molar-refractivity contribution in [2.24, 2.45) is 4.99 Å². The minimum absolute atomic E-state index is 0. The number of hydrogen-bond donors (Lipinski definition) is 2. The summed E-state index contributed by atoms with van der Waals surface area (Å²) in [7, 11) is 0. The summed E-state index contributed by atoms with van der Waals surface area (Å²) in [5, 5.41) is 7.10. The summed E-state index contributed by atoms with van der Waals surface area (Å²) in [6, 6.07) is 11.7. The van der Waals surface area contributed by atoms with Gasteiger partial charge in [-0.2, -0.15) is 0 Å². The summed E-state index contributed by atoms with van der Waals surface area (Å²) >= 11 is 0. The van der Waals surface area contributed by atoms with Gasteiger partial charge in [0, 0.05) is 70.1 Å². The number of nitrogens with zero attached hydrogens (tertiary/aromatic N) is 4. The fourth-order valence-electron chi connectivity index (χ4n) is 4.36. The monoisotopic (exact) mass is 484 g/mol. The lowest BCUT2D eigenvalue weighted by molar-refractivity contribution is 0.0174. The number of piperazine rings is 3. The first-order valence-corrected chi connectivity index (χ1v) is 10.1. The number of para-hydroxylation sites is 1. The van der Waals surface area contributed by atoms with Crippen molar-refractivity contribution in [2.45, 2.75) is 25.4 Å². The molecule has 0 spiro atoms. The highest BCUT2D eigenvalue weighted by Crippen LogP contribution is 2.20. The highest BCUT2D eigenvalue weighted by molar-refractivity contribution is 14.0. The first kappa shape index (κ1) is 20.7. The zero-order chi connectivity index (χ0) is 17.8. The molecule has 1 aromatic rings. The summed E-state index contributed by atoms with van der Waals surface area (Å²) in [5.41, 5.74) is 1.32. The van der Waals surface area contributed by atoms with E-state index >= 15 is 0 Å². The van der Waals surface area contributed by atoms with E-state index in [-0.39, 0.29) is 24.0 Å². The van der Waals surface area contributed by atoms with Gasteiger partial charge in [-0.3, -0.25) is 14.8 Å². The summed E-state index contributed by atoms with van der Waals surface area (Å²) in [5.74, 6) is 0.977. The molecule has 0 radical (unpaired) electrons. The summed E-state index contributed by atoms with van der Waals surface area (Å²) in [4.78, 5) is 12.6. The Bertz CT molecular complexity index is 602. The molecule has 4 aliphatic heterocycles. The van der Waals surface area contributed by atoms with E-state index in [0.29, 0.717) is 12.1 Å². The lowest BCUT2D eigenvalue weighted by atomic mass is 10.1. The van der Waals surface area contributed by atoms with Crippen LogP contribution in [0.5, 0.6) is 0 Å². The third kappa shape index (κ3) is 5.26. The van der Waals surface area contributed by atoms with Crippen molar-refractivity contribution < 1.29 is 0 Å². The Morgan fingerprint density at radius 3 is 2.52 bits per heavy atom. The average molecular weight is 484 g/mol. The van der Waals surface area contributed by atoms with Crippen molar-refractivity contribution in [2.75, 3.05) is 63.8 Å². The number of nitrogens with one attached hydrogen (secondary N) is 2. The van der Waals surface area contributed by atoms with Crippen LogP contribution in [0.25, 0.3) is 0 Å². The minimum Gasteiger partial charge on any atom is -0.369 e. The predicted octanol–water partition coefficient (Wildman–Crippen LogP) is 1.44. The van der Waals surface area contributed by atoms with Crippen molar-refractivity contribution in [1.29, 1.82) is 0 Å². The van der Waals surface area contributed by atoms with E-state index in [1.54, 1.807) is 0 Å². The molecule has 4 fully saturated rings. The van der Waals surface area contributed by atoms with Crippen molar-refractivity contribution in [3.05, 3.63) is 30.3 Å². The first-order valence-electron chi connectivity index (χ1n) is 10.1. The number of guanidine groups is 1. The Labute approximate surface area is 180 Å². The van der Waals surface area contributed by atoms with Crippen LogP contribution in [-0.4, -0.2) is 86.7 Å². The van der Waals surface area contributed by atoms with Gasteiger partial charge in [-0.15, -0.1) is 24.0 Å². The van der Waals surface area contributed by atoms with Crippen molar-refractivity contribution in [1.82, 2.24) is 20.4 Å². The van der Waals surface area contributed by atoms with E-state index in [9.17, 15) is 0 Å². The maximum Gasteiger partial charge on any atom is 0.191 e. The van der Waals surface area contributed by atoms with Crippen LogP contribution in [0.3, 0.4) is 0 Å². The number of halogens is 1. The lowest BCUT2D eigenvalue weighted by Gasteiger charge is -2.47. The van der Waals surface area contributed by atoms with E-state index in [1.807, 2.05) is 0 Å². The van der Waals surface area contributed by atoms with Crippen LogP contribution >= 0.6 is 24.0 Å². The fraction of sp³-hybridized carbons (Fsp3) is 0.650. The minimum atomic E-state index is 0. The summed E-state index contributed by atoms with van der Waals surface area (Å²) in [6.45, 7) is 12.1. The van der Waals surface area contributed by atoms with Gasteiger partial charge >= 0.3 is 0 Å². The molecule has 4 heterocycles. The van der Waals surface area contributed by atoms with E-state index in [1.165, 1.54) is 38.4 Å². The summed E-state index contributed by atoms with van der Waals surface area (Å²) in [6.07, 6.45) is 1.16. The van der Waals surface area contributed by atoms with Crippen LogP contribution in [0, 0.1) is 0 Å². The molecule has 2 unspecified atom stereocenters. The van der Waals surface area contributed by atoms with Gasteiger partial charge in [0.2, 0.25) is 0 Å². The zero-order valence-electron chi connectivity index (χ0n) is 16.3. The lowest BCUT2D eigenvalue weighted by Crippen LogP contribution is -2.62. The molecule has 150 valence electrons. The molecule has 4 saturated heterocycles. The molecule has 2 atom stereocenters. The molecule has 0 aromatic heterocycles. The number of rotatable bonds is 5. The third-order valence-electron chi connectivity index (χ3n) is 5.85. The molecule has 1 aromatic carbocycles. The highest BCUT2D eigenvalue weighted by Gasteiger charge is 2.31. The number of anilines is 1. The van der Waals surface area contributed by atoms with E-state index in [4.69, 9.17) is 4.99 Å². The van der Waals surface area contributed by atoms with Gasteiger partial charge in [0.1, 0.15) is 0 Å². The Morgan fingerprint density at radius 2 is 1.85 bits per heavy atom. The van der Waals surface area contributed by atoms with Crippen molar-refractivity contribution in [3.63, 3.8) is 0 Å². The van der Waals surface area contributed by atoms with E-state index in [2.05, 4.69) is 62.6 Å². The largest absolute Gasteiger partial charge is 0.369 e. The standard InChI is InChI=1S/C20H32N6.HI/c1-2-21-20(22-14-19-16-24-10-12-25(19)13-11-24)23-17-8-9-26(15-17)18-6-4-3-5-7-18;/h3-7,17,19H,2,8-16H2,1H3,(H2,21,22,23);1H. The Morgan fingerprint density at radius 1 is 1.07 bits per heavy atom. The van der Waals surface area contributed by atoms with Gasteiger partial charge in [0.05, 0.1) is 6.54 Å². The topological polar surface area (TPSA) is 46.1 Å². The SMILES string of the molecule is CCNC(=NCC1CN2CCN1CC2)NC1CCN(c2ccccc2)C1.I. The Hall–Kier alpha value is -1.06. The molecule has 6 nitrogen and oxygen atoms in total. The molecule has 5 rings (SSSR count). The molecule has 0 aliphatic carbocycles. The second-order valence-electron chi connectivity index (χ2n) is 7.62. The van der Waals surface area contributed by atoms with E-state index < -0.39 is 0 Å². The van der Waals surface area contributed by atoms with Crippen molar-refractivity contribution >= 4 is 35.6 Å². The fourth-order valence-corrected chi connectivity index (χ4v) is 4.36. The molecule has 27 heavy (non-hydrogen) atoms. The zero-order valence-corrected chi connectivity index (χ0v) is 18.6. The maximum absolute atomic E-state index is 4.92. The Kier molecular flexibility index (Phi) is 7.60. The molecule has 4 aliphatic rings. The number of benzene rings is 1. The average Bonchev–Trinajstić information content (AvgIpc) is 3.16.